The lowest BCUT2D eigenvalue weighted by Crippen LogP contribution is -2.51. The van der Waals surface area contributed by atoms with Crippen LogP contribution in [-0.4, -0.2) is 117 Å². The summed E-state index contributed by atoms with van der Waals surface area (Å²) in [6.07, 6.45) is 4.93. The van der Waals surface area contributed by atoms with Crippen LogP contribution in [0.25, 0.3) is 22.3 Å². The number of aromatic nitrogens is 2. The van der Waals surface area contributed by atoms with E-state index in [2.05, 4.69) is 42.0 Å². The molecule has 17 nitrogen and oxygen atoms in total. The van der Waals surface area contributed by atoms with Gasteiger partial charge in [-0.05, 0) is 64.3 Å². The van der Waals surface area contributed by atoms with E-state index in [0.717, 1.165) is 42.1 Å². The minimum Gasteiger partial charge on any atom is -0.480 e. The molecule has 2 aliphatic heterocycles. The number of carboxylic acid groups (broad SMARTS) is 1. The number of hydrogen-bond acceptors (Lipinski definition) is 15. The number of amides is 2. The van der Waals surface area contributed by atoms with Crippen LogP contribution in [0.4, 0.5) is 0 Å². The number of aliphatic carboxylic acids is 1. The van der Waals surface area contributed by atoms with Gasteiger partial charge in [-0.25, -0.2) is 14.6 Å². The standard InChI is InChI=1S/C35H39N5O9S2.C11H23NO2.2C2H6/c1-3-35(22-12-26-30-20(11-19-7-5-6-8-23(19)39-30)14-40(26)32(44)21(22)15-48-34(35)47)49-29(42)13-37-31(43)24(36-4-2)16-50-27-9-10-28(27)51-17-25(33(45)46)38-18-41;1-5-7-11(3,4)14-9-12-8-10(13)6-2;2*1-2/h5-8,11-12,18,24-25,27-28,36H,3-4,9-10,13-17H2,1-2H3,(H,37,43)(H,38,41)(H,45,46);12H,5-9H2,1-4H3;2*1-2H3/t24?,25?,27?,28?,35-;;;/m0.../s1. The Balaban J connectivity index is 0.000000599. The molecule has 0 bridgehead atoms. The number of nitrogens with one attached hydrogen (secondary N) is 4. The number of fused-ring (bicyclic) bond motifs is 5. The molecule has 1 aliphatic carbocycles. The molecule has 3 aliphatic rings. The molecule has 382 valence electrons. The number of thioether (sulfide) groups is 2. The van der Waals surface area contributed by atoms with Crippen molar-refractivity contribution in [2.75, 3.05) is 37.9 Å². The van der Waals surface area contributed by atoms with Crippen molar-refractivity contribution in [2.45, 2.75) is 155 Å². The van der Waals surface area contributed by atoms with Gasteiger partial charge in [0.15, 0.2) is 0 Å². The monoisotopic (exact) mass is 998 g/mol. The SMILES string of the molecule is CC.CC.CCCC(C)(C)OCNCC(=O)CC.CCNC(CSC1CCC1SCC(NC=O)C(=O)O)C(=O)NCC(=O)O[C@]1(CC)C(=O)OCc2c1cc1n(c2=O)Cc2cc3ccccc3nc2-1. The minimum absolute atomic E-state index is 0.00490. The number of carboxylic acids is 1. The molecule has 69 heavy (non-hydrogen) atoms. The van der Waals surface area contributed by atoms with Gasteiger partial charge in [-0.3, -0.25) is 29.3 Å². The molecular weight excluding hydrogens is 925 g/mol. The van der Waals surface area contributed by atoms with E-state index in [4.69, 9.17) is 19.2 Å². The van der Waals surface area contributed by atoms with Crippen molar-refractivity contribution in [3.05, 3.63) is 63.4 Å². The lowest BCUT2D eigenvalue weighted by molar-refractivity contribution is -0.189. The topological polar surface area (TPSA) is 233 Å². The Kier molecular flexibility index (Phi) is 24.4. The molecule has 1 fully saturated rings. The lowest BCUT2D eigenvalue weighted by Gasteiger charge is -2.37. The second-order valence-electron chi connectivity index (χ2n) is 16.7. The van der Waals surface area contributed by atoms with Crippen molar-refractivity contribution in [1.29, 1.82) is 0 Å². The Hall–Kier alpha value is -4.82. The summed E-state index contributed by atoms with van der Waals surface area (Å²) in [6.45, 7) is 20.6. The van der Waals surface area contributed by atoms with E-state index in [9.17, 15) is 38.7 Å². The molecule has 1 saturated carbocycles. The van der Waals surface area contributed by atoms with Crippen molar-refractivity contribution in [3.8, 4) is 11.4 Å². The predicted octanol–water partition coefficient (Wildman–Crippen LogP) is 6.08. The summed E-state index contributed by atoms with van der Waals surface area (Å²) in [5, 5.41) is 21.7. The number of carbonyl (C=O) groups excluding carboxylic acids is 5. The molecule has 1 aromatic carbocycles. The Bertz CT molecular complexity index is 2270. The quantitative estimate of drug-likeness (QED) is 0.0232. The van der Waals surface area contributed by atoms with Gasteiger partial charge in [0.25, 0.3) is 5.56 Å². The lowest BCUT2D eigenvalue weighted by atomic mass is 9.85. The van der Waals surface area contributed by atoms with Gasteiger partial charge in [-0.15, -0.1) is 0 Å². The van der Waals surface area contributed by atoms with E-state index in [1.807, 2.05) is 71.9 Å². The first kappa shape index (κ1) is 58.5. The first-order chi connectivity index (χ1) is 33.1. The number of nitrogens with zero attached hydrogens (tertiary/aromatic N) is 2. The van der Waals surface area contributed by atoms with E-state index in [-0.39, 0.29) is 57.4 Å². The summed E-state index contributed by atoms with van der Waals surface area (Å²) in [5.74, 6) is -2.30. The van der Waals surface area contributed by atoms with E-state index >= 15 is 0 Å². The highest BCUT2D eigenvalue weighted by Gasteiger charge is 2.50. The predicted molar refractivity (Wildman–Crippen MR) is 272 cm³/mol. The summed E-state index contributed by atoms with van der Waals surface area (Å²) in [4.78, 5) is 91.6. The first-order valence-corrected chi connectivity index (χ1v) is 26.3. The van der Waals surface area contributed by atoms with E-state index in [1.165, 1.54) is 11.8 Å². The van der Waals surface area contributed by atoms with Gasteiger partial charge >= 0.3 is 17.9 Å². The maximum absolute atomic E-state index is 13.8. The zero-order chi connectivity index (χ0) is 51.3. The third kappa shape index (κ3) is 15.6. The Morgan fingerprint density at radius 1 is 0.986 bits per heavy atom. The van der Waals surface area contributed by atoms with Crippen LogP contribution in [0.3, 0.4) is 0 Å². The van der Waals surface area contributed by atoms with Crippen molar-refractivity contribution < 1.29 is 48.1 Å². The summed E-state index contributed by atoms with van der Waals surface area (Å²) in [6, 6.07) is 9.74. The van der Waals surface area contributed by atoms with Crippen LogP contribution in [0.5, 0.6) is 0 Å². The van der Waals surface area contributed by atoms with Gasteiger partial charge in [0.1, 0.15) is 25.0 Å². The molecule has 3 aromatic rings. The third-order valence-electron chi connectivity index (χ3n) is 11.7. The van der Waals surface area contributed by atoms with E-state index < -0.39 is 48.0 Å². The van der Waals surface area contributed by atoms with Gasteiger partial charge in [-0.2, -0.15) is 23.5 Å². The molecule has 0 radical (unpaired) electrons. The zero-order valence-electron chi connectivity index (χ0n) is 42.0. The highest BCUT2D eigenvalue weighted by Crippen LogP contribution is 2.42. The number of cyclic esters (lactones) is 1. The smallest absolute Gasteiger partial charge is 0.355 e. The van der Waals surface area contributed by atoms with Gasteiger partial charge < -0.3 is 39.8 Å². The van der Waals surface area contributed by atoms with Crippen molar-refractivity contribution in [2.24, 2.45) is 0 Å². The molecule has 0 spiro atoms. The van der Waals surface area contributed by atoms with Crippen molar-refractivity contribution >= 4 is 70.4 Å². The Morgan fingerprint density at radius 2 is 1.65 bits per heavy atom. The molecule has 5 N–H and O–H groups in total. The van der Waals surface area contributed by atoms with Crippen molar-refractivity contribution in [3.63, 3.8) is 0 Å². The number of likely N-dealkylation sites (N-methyl/N-ethyl adjacent to an activating group) is 1. The van der Waals surface area contributed by atoms with Crippen LogP contribution in [0.1, 0.15) is 124 Å². The van der Waals surface area contributed by atoms with Gasteiger partial charge in [0.2, 0.25) is 17.9 Å². The fourth-order valence-corrected chi connectivity index (χ4v) is 11.0. The fourth-order valence-electron chi connectivity index (χ4n) is 7.84. The van der Waals surface area contributed by atoms with Gasteiger partial charge in [-0.1, -0.05) is 80.0 Å². The first-order valence-electron chi connectivity index (χ1n) is 24.2. The molecular formula is C50H74N6O11S2. The number of Topliss-reactive ketones (excluding diaryl/α,β-unsaturated/α-hetero) is 1. The van der Waals surface area contributed by atoms with E-state index in [1.54, 1.807) is 29.3 Å². The Labute approximate surface area is 415 Å². The summed E-state index contributed by atoms with van der Waals surface area (Å²) in [5.41, 5.74) is 0.920. The fraction of sp³-hybridized carbons (Fsp3) is 0.600. The zero-order valence-corrected chi connectivity index (χ0v) is 43.6. The van der Waals surface area contributed by atoms with Crippen LogP contribution in [-0.2, 0) is 61.7 Å². The minimum atomic E-state index is -1.89. The number of para-hydroxylation sites is 1. The van der Waals surface area contributed by atoms with Crippen LogP contribution < -0.4 is 26.8 Å². The average Bonchev–Trinajstić information content (AvgIpc) is 3.70. The van der Waals surface area contributed by atoms with Crippen LogP contribution >= 0.6 is 23.5 Å². The molecule has 4 heterocycles. The molecule has 4 unspecified atom stereocenters. The van der Waals surface area contributed by atoms with Crippen molar-refractivity contribution in [1.82, 2.24) is 30.8 Å². The third-order valence-corrected chi connectivity index (χ3v) is 14.9. The largest absolute Gasteiger partial charge is 0.480 e. The number of carbonyl (C=O) groups is 6. The number of rotatable bonds is 24. The number of ether oxygens (including phenoxy) is 3. The van der Waals surface area contributed by atoms with Crippen LogP contribution in [0, 0.1) is 0 Å². The second kappa shape index (κ2) is 28.7. The molecule has 2 aromatic heterocycles. The Morgan fingerprint density at radius 3 is 2.25 bits per heavy atom. The number of pyridine rings is 2. The summed E-state index contributed by atoms with van der Waals surface area (Å²) < 4.78 is 18.5. The number of hydrogen-bond donors (Lipinski definition) is 5. The highest BCUT2D eigenvalue weighted by molar-refractivity contribution is 8.04. The molecule has 2 amide bonds. The second-order valence-corrected chi connectivity index (χ2v) is 19.2. The summed E-state index contributed by atoms with van der Waals surface area (Å²) in [7, 11) is 0. The number of esters is 2. The molecule has 5 atom stereocenters. The van der Waals surface area contributed by atoms with Crippen LogP contribution in [0.15, 0.2) is 41.2 Å². The van der Waals surface area contributed by atoms with Gasteiger partial charge in [0, 0.05) is 44.9 Å². The maximum Gasteiger partial charge on any atom is 0.355 e. The summed E-state index contributed by atoms with van der Waals surface area (Å²) >= 11 is 3.08. The molecule has 19 heteroatoms. The normalized spacial score (nSPS) is 18.3. The highest BCUT2D eigenvalue weighted by atomic mass is 32.2. The average molecular weight is 999 g/mol. The van der Waals surface area contributed by atoms with Crippen LogP contribution in [0.2, 0.25) is 0 Å². The van der Waals surface area contributed by atoms with E-state index in [0.29, 0.717) is 56.3 Å². The molecule has 6 rings (SSSR count). The molecule has 0 saturated heterocycles. The number of ketones is 1. The maximum atomic E-state index is 13.8. The van der Waals surface area contributed by atoms with Gasteiger partial charge in [0.05, 0.1) is 53.9 Å². The number of benzene rings is 1.